The van der Waals surface area contributed by atoms with Gasteiger partial charge in [0, 0.05) is 6.04 Å². The van der Waals surface area contributed by atoms with E-state index in [1.165, 1.54) is 5.56 Å². The number of hydrogen-bond acceptors (Lipinski definition) is 3. The number of aliphatic carboxylic acids is 1. The minimum atomic E-state index is -0.760. The Morgan fingerprint density at radius 1 is 1.30 bits per heavy atom. The Labute approximate surface area is 121 Å². The summed E-state index contributed by atoms with van der Waals surface area (Å²) in [6, 6.07) is 4.16. The van der Waals surface area contributed by atoms with Crippen LogP contribution < -0.4 is 4.74 Å². The van der Waals surface area contributed by atoms with Crippen LogP contribution in [-0.2, 0) is 11.2 Å². The number of rotatable bonds is 7. The molecule has 0 radical (unpaired) electrons. The van der Waals surface area contributed by atoms with E-state index in [2.05, 4.69) is 6.07 Å². The third kappa shape index (κ3) is 4.53. The topological polar surface area (TPSA) is 49.8 Å². The van der Waals surface area contributed by atoms with Gasteiger partial charge in [-0.05, 0) is 64.0 Å². The van der Waals surface area contributed by atoms with Gasteiger partial charge in [-0.15, -0.1) is 0 Å². The lowest BCUT2D eigenvalue weighted by molar-refractivity contribution is -0.138. The molecule has 1 aromatic carbocycles. The smallest absolute Gasteiger partial charge is 0.304 e. The molecule has 0 spiro atoms. The third-order valence-electron chi connectivity index (χ3n) is 3.53. The van der Waals surface area contributed by atoms with Gasteiger partial charge in [0.05, 0.1) is 13.0 Å². The molecule has 112 valence electrons. The van der Waals surface area contributed by atoms with Crippen LogP contribution in [0.1, 0.15) is 30.0 Å². The van der Waals surface area contributed by atoms with E-state index in [-0.39, 0.29) is 12.5 Å². The van der Waals surface area contributed by atoms with Gasteiger partial charge in [0.1, 0.15) is 5.75 Å². The van der Waals surface area contributed by atoms with Gasteiger partial charge in [-0.3, -0.25) is 4.79 Å². The second-order valence-electron chi connectivity index (χ2n) is 5.40. The molecule has 4 nitrogen and oxygen atoms in total. The van der Waals surface area contributed by atoms with E-state index >= 15 is 0 Å². The minimum Gasteiger partial charge on any atom is -0.494 e. The number of aryl methyl sites for hydroxylation is 2. The fraction of sp³-hybridized carbons (Fsp3) is 0.562. The molecule has 1 N–H and O–H groups in total. The molecular formula is C16H25NO3. The summed E-state index contributed by atoms with van der Waals surface area (Å²) in [5.74, 6) is 0.150. The Bertz CT molecular complexity index is 469. The first-order valence-electron chi connectivity index (χ1n) is 6.96. The van der Waals surface area contributed by atoms with Crippen molar-refractivity contribution in [3.05, 3.63) is 28.8 Å². The molecule has 0 saturated carbocycles. The largest absolute Gasteiger partial charge is 0.494 e. The molecule has 0 aliphatic rings. The number of ether oxygens (including phenoxy) is 1. The van der Waals surface area contributed by atoms with Gasteiger partial charge in [0.25, 0.3) is 0 Å². The van der Waals surface area contributed by atoms with Crippen molar-refractivity contribution in [1.29, 1.82) is 0 Å². The molecular weight excluding hydrogens is 254 g/mol. The van der Waals surface area contributed by atoms with Crippen LogP contribution in [0.4, 0.5) is 0 Å². The van der Waals surface area contributed by atoms with Gasteiger partial charge in [0.2, 0.25) is 0 Å². The highest BCUT2D eigenvalue weighted by Gasteiger charge is 2.18. The fourth-order valence-corrected chi connectivity index (χ4v) is 2.27. The minimum absolute atomic E-state index is 0.00328. The normalized spacial score (nSPS) is 12.5. The number of hydrogen-bond donors (Lipinski definition) is 1. The van der Waals surface area contributed by atoms with Crippen molar-refractivity contribution < 1.29 is 14.6 Å². The van der Waals surface area contributed by atoms with Crippen LogP contribution in [0.2, 0.25) is 0 Å². The molecule has 1 atom stereocenters. The van der Waals surface area contributed by atoms with E-state index in [4.69, 9.17) is 9.84 Å². The highest BCUT2D eigenvalue weighted by Crippen LogP contribution is 2.24. The van der Waals surface area contributed by atoms with Crippen LogP contribution in [0.3, 0.4) is 0 Å². The molecule has 0 bridgehead atoms. The fourth-order valence-electron chi connectivity index (χ4n) is 2.27. The Morgan fingerprint density at radius 3 is 2.45 bits per heavy atom. The summed E-state index contributed by atoms with van der Waals surface area (Å²) in [7, 11) is 3.84. The highest BCUT2D eigenvalue weighted by atomic mass is 16.5. The van der Waals surface area contributed by atoms with E-state index in [0.717, 1.165) is 23.3 Å². The molecule has 1 rings (SSSR count). The van der Waals surface area contributed by atoms with E-state index in [1.54, 1.807) is 0 Å². The van der Waals surface area contributed by atoms with Gasteiger partial charge in [0.15, 0.2) is 0 Å². The van der Waals surface area contributed by atoms with Gasteiger partial charge in [-0.1, -0.05) is 6.07 Å². The van der Waals surface area contributed by atoms with Crippen LogP contribution >= 0.6 is 0 Å². The first-order valence-corrected chi connectivity index (χ1v) is 6.96. The molecule has 0 heterocycles. The molecule has 0 aliphatic heterocycles. The molecule has 4 heteroatoms. The maximum absolute atomic E-state index is 10.9. The number of carboxylic acids is 1. The van der Waals surface area contributed by atoms with E-state index in [0.29, 0.717) is 6.61 Å². The van der Waals surface area contributed by atoms with Crippen LogP contribution in [0, 0.1) is 13.8 Å². The number of carbonyl (C=O) groups is 1. The lowest BCUT2D eigenvalue weighted by atomic mass is 9.96. The van der Waals surface area contributed by atoms with Gasteiger partial charge in [-0.2, -0.15) is 0 Å². The number of likely N-dealkylation sites (N-methyl/N-ethyl adjacent to an activating group) is 1. The monoisotopic (exact) mass is 279 g/mol. The summed E-state index contributed by atoms with van der Waals surface area (Å²) in [5.41, 5.74) is 3.43. The predicted molar refractivity (Wildman–Crippen MR) is 80.5 cm³/mol. The summed E-state index contributed by atoms with van der Waals surface area (Å²) in [5, 5.41) is 9.00. The molecule has 1 aromatic rings. The van der Waals surface area contributed by atoms with Crippen molar-refractivity contribution in [2.24, 2.45) is 0 Å². The number of carboxylic acid groups (broad SMARTS) is 1. The highest BCUT2D eigenvalue weighted by molar-refractivity contribution is 5.67. The zero-order valence-electron chi connectivity index (χ0n) is 13.1. The molecule has 0 fully saturated rings. The summed E-state index contributed by atoms with van der Waals surface area (Å²) < 4.78 is 5.58. The molecule has 0 saturated heterocycles. The van der Waals surface area contributed by atoms with E-state index in [1.807, 2.05) is 45.8 Å². The van der Waals surface area contributed by atoms with Crippen molar-refractivity contribution in [2.75, 3.05) is 20.7 Å². The molecule has 0 aromatic heterocycles. The quantitative estimate of drug-likeness (QED) is 0.833. The van der Waals surface area contributed by atoms with Crippen molar-refractivity contribution in [2.45, 2.75) is 39.7 Å². The van der Waals surface area contributed by atoms with Gasteiger partial charge >= 0.3 is 5.97 Å². The zero-order chi connectivity index (χ0) is 15.3. The maximum atomic E-state index is 10.9. The number of nitrogens with zero attached hydrogens (tertiary/aromatic N) is 1. The van der Waals surface area contributed by atoms with E-state index < -0.39 is 5.97 Å². The first-order chi connectivity index (χ1) is 9.35. The molecule has 1 unspecified atom stereocenters. The van der Waals surface area contributed by atoms with Crippen molar-refractivity contribution in [3.8, 4) is 5.75 Å². The first kappa shape index (κ1) is 16.5. The average molecular weight is 279 g/mol. The third-order valence-corrected chi connectivity index (χ3v) is 3.53. The van der Waals surface area contributed by atoms with Gasteiger partial charge in [-0.25, -0.2) is 0 Å². The van der Waals surface area contributed by atoms with Crippen molar-refractivity contribution >= 4 is 5.97 Å². The van der Waals surface area contributed by atoms with Crippen molar-refractivity contribution in [1.82, 2.24) is 4.90 Å². The molecule has 20 heavy (non-hydrogen) atoms. The SMILES string of the molecule is CCOc1cc(C)c(CC(CC(=O)O)N(C)C)cc1C. The Kier molecular flexibility index (Phi) is 6.02. The zero-order valence-corrected chi connectivity index (χ0v) is 13.1. The number of benzene rings is 1. The second-order valence-corrected chi connectivity index (χ2v) is 5.40. The van der Waals surface area contributed by atoms with Crippen LogP contribution in [0.5, 0.6) is 5.75 Å². The van der Waals surface area contributed by atoms with Crippen molar-refractivity contribution in [3.63, 3.8) is 0 Å². The summed E-state index contributed by atoms with van der Waals surface area (Å²) >= 11 is 0. The lowest BCUT2D eigenvalue weighted by Crippen LogP contribution is -2.32. The Balaban J connectivity index is 2.95. The second kappa shape index (κ2) is 7.29. The van der Waals surface area contributed by atoms with Crippen LogP contribution in [0.25, 0.3) is 0 Å². The summed E-state index contributed by atoms with van der Waals surface area (Å²) in [4.78, 5) is 12.9. The molecule has 0 amide bonds. The van der Waals surface area contributed by atoms with E-state index in [9.17, 15) is 4.79 Å². The average Bonchev–Trinajstić information content (AvgIpc) is 2.34. The maximum Gasteiger partial charge on any atom is 0.304 e. The van der Waals surface area contributed by atoms with Crippen LogP contribution in [0.15, 0.2) is 12.1 Å². The Morgan fingerprint density at radius 2 is 1.95 bits per heavy atom. The summed E-state index contributed by atoms with van der Waals surface area (Å²) in [6.45, 7) is 6.69. The summed E-state index contributed by atoms with van der Waals surface area (Å²) in [6.07, 6.45) is 0.886. The Hall–Kier alpha value is -1.55. The van der Waals surface area contributed by atoms with Gasteiger partial charge < -0.3 is 14.7 Å². The standard InChI is InChI=1S/C16H25NO3/c1-6-20-15-8-11(2)13(7-12(15)3)9-14(17(4)5)10-16(18)19/h7-8,14H,6,9-10H2,1-5H3,(H,18,19). The van der Waals surface area contributed by atoms with Crippen LogP contribution in [-0.4, -0.2) is 42.7 Å². The lowest BCUT2D eigenvalue weighted by Gasteiger charge is -2.24. The predicted octanol–water partition coefficient (Wildman–Crippen LogP) is 2.65. The molecule has 0 aliphatic carbocycles.